The summed E-state index contributed by atoms with van der Waals surface area (Å²) < 4.78 is 12.3. The fourth-order valence-corrected chi connectivity index (χ4v) is 3.95. The van der Waals surface area contributed by atoms with Crippen molar-refractivity contribution in [2.24, 2.45) is 0 Å². The molecule has 0 heterocycles. The van der Waals surface area contributed by atoms with Crippen LogP contribution < -0.4 is 14.8 Å². The summed E-state index contributed by atoms with van der Waals surface area (Å²) in [7, 11) is 1.55. The highest BCUT2D eigenvalue weighted by atomic mass is 127. The largest absolute Gasteiger partial charge is 0.493 e. The van der Waals surface area contributed by atoms with Crippen molar-refractivity contribution in [3.8, 4) is 17.6 Å². The van der Waals surface area contributed by atoms with Gasteiger partial charge in [-0.25, -0.2) is 0 Å². The number of para-hydroxylation sites is 1. The number of rotatable bonds is 7. The summed E-state index contributed by atoms with van der Waals surface area (Å²) in [6, 6.07) is 20.4. The number of carbonyl (C=O) groups excluding carboxylic acids is 1. The first-order chi connectivity index (χ1) is 15.4. The van der Waals surface area contributed by atoms with E-state index < -0.39 is 5.91 Å². The van der Waals surface area contributed by atoms with Crippen LogP contribution in [0.5, 0.6) is 11.5 Å². The van der Waals surface area contributed by atoms with Crippen molar-refractivity contribution in [2.75, 3.05) is 12.4 Å². The normalized spacial score (nSPS) is 10.9. The molecule has 5 nitrogen and oxygen atoms in total. The van der Waals surface area contributed by atoms with Crippen LogP contribution in [0.2, 0.25) is 5.02 Å². The number of hydrogen-bond acceptors (Lipinski definition) is 4. The Morgan fingerprint density at radius 1 is 1.19 bits per heavy atom. The van der Waals surface area contributed by atoms with E-state index in [-0.39, 0.29) is 5.57 Å². The van der Waals surface area contributed by atoms with Crippen LogP contribution >= 0.6 is 34.2 Å². The Kier molecular flexibility index (Phi) is 8.14. The zero-order valence-electron chi connectivity index (χ0n) is 17.5. The van der Waals surface area contributed by atoms with Gasteiger partial charge in [0.15, 0.2) is 11.5 Å². The summed E-state index contributed by atoms with van der Waals surface area (Å²) in [4.78, 5) is 12.6. The van der Waals surface area contributed by atoms with Gasteiger partial charge in [0, 0.05) is 0 Å². The summed E-state index contributed by atoms with van der Waals surface area (Å²) in [5.41, 5.74) is 3.23. The van der Waals surface area contributed by atoms with Crippen LogP contribution in [0.4, 0.5) is 5.69 Å². The minimum absolute atomic E-state index is 0.0591. The Morgan fingerprint density at radius 3 is 2.66 bits per heavy atom. The van der Waals surface area contributed by atoms with E-state index in [1.807, 2.05) is 37.3 Å². The molecule has 162 valence electrons. The van der Waals surface area contributed by atoms with Crippen molar-refractivity contribution in [1.82, 2.24) is 0 Å². The maximum atomic E-state index is 12.6. The lowest BCUT2D eigenvalue weighted by Gasteiger charge is -2.14. The van der Waals surface area contributed by atoms with Gasteiger partial charge in [0.2, 0.25) is 0 Å². The minimum atomic E-state index is -0.547. The van der Waals surface area contributed by atoms with E-state index in [0.717, 1.165) is 14.7 Å². The van der Waals surface area contributed by atoms with Gasteiger partial charge in [0.25, 0.3) is 5.91 Å². The molecule has 7 heteroatoms. The Balaban J connectivity index is 1.83. The van der Waals surface area contributed by atoms with Gasteiger partial charge < -0.3 is 14.8 Å². The van der Waals surface area contributed by atoms with E-state index in [1.165, 1.54) is 6.08 Å². The molecular formula is C25H20ClIN2O3. The lowest BCUT2D eigenvalue weighted by molar-refractivity contribution is -0.112. The second-order valence-corrected chi connectivity index (χ2v) is 8.49. The Labute approximate surface area is 205 Å². The minimum Gasteiger partial charge on any atom is -0.493 e. The molecule has 0 saturated heterocycles. The molecule has 0 bridgehead atoms. The highest BCUT2D eigenvalue weighted by molar-refractivity contribution is 14.1. The van der Waals surface area contributed by atoms with E-state index in [0.29, 0.717) is 34.4 Å². The first-order valence-corrected chi connectivity index (χ1v) is 11.1. The van der Waals surface area contributed by atoms with E-state index >= 15 is 0 Å². The average Bonchev–Trinajstić information content (AvgIpc) is 2.77. The molecule has 0 aromatic heterocycles. The molecule has 1 N–H and O–H groups in total. The highest BCUT2D eigenvalue weighted by Gasteiger charge is 2.15. The predicted octanol–water partition coefficient (Wildman–Crippen LogP) is 6.39. The molecule has 0 unspecified atom stereocenters. The first kappa shape index (κ1) is 23.6. The van der Waals surface area contributed by atoms with Gasteiger partial charge in [-0.1, -0.05) is 53.6 Å². The van der Waals surface area contributed by atoms with Crippen molar-refractivity contribution in [3.63, 3.8) is 0 Å². The molecule has 3 aromatic rings. The fourth-order valence-electron chi connectivity index (χ4n) is 2.99. The number of halogens is 2. The van der Waals surface area contributed by atoms with Crippen LogP contribution in [0.15, 0.2) is 66.2 Å². The second-order valence-electron chi connectivity index (χ2n) is 6.92. The number of nitrogens with zero attached hydrogens (tertiary/aromatic N) is 1. The van der Waals surface area contributed by atoms with Crippen molar-refractivity contribution in [3.05, 3.63) is 91.5 Å². The molecular weight excluding hydrogens is 539 g/mol. The Bertz CT molecular complexity index is 1220. The van der Waals surface area contributed by atoms with E-state index in [9.17, 15) is 10.1 Å². The molecule has 0 aliphatic rings. The lowest BCUT2D eigenvalue weighted by atomic mass is 10.1. The van der Waals surface area contributed by atoms with Crippen molar-refractivity contribution in [1.29, 1.82) is 5.26 Å². The summed E-state index contributed by atoms with van der Waals surface area (Å²) in [6.07, 6.45) is 1.50. The third kappa shape index (κ3) is 6.02. The van der Waals surface area contributed by atoms with Crippen LogP contribution in [-0.4, -0.2) is 13.0 Å². The monoisotopic (exact) mass is 558 g/mol. The van der Waals surface area contributed by atoms with Crippen molar-refractivity contribution >= 4 is 51.9 Å². The van der Waals surface area contributed by atoms with Gasteiger partial charge >= 0.3 is 0 Å². The zero-order valence-corrected chi connectivity index (χ0v) is 20.4. The number of carbonyl (C=O) groups is 1. The van der Waals surface area contributed by atoms with Crippen LogP contribution in [0.25, 0.3) is 6.08 Å². The van der Waals surface area contributed by atoms with Crippen LogP contribution in [0.1, 0.15) is 16.7 Å². The molecule has 0 aliphatic heterocycles. The van der Waals surface area contributed by atoms with E-state index in [4.69, 9.17) is 21.1 Å². The molecule has 32 heavy (non-hydrogen) atoms. The summed E-state index contributed by atoms with van der Waals surface area (Å²) >= 11 is 8.24. The van der Waals surface area contributed by atoms with Crippen LogP contribution in [-0.2, 0) is 11.4 Å². The van der Waals surface area contributed by atoms with Gasteiger partial charge in [0.05, 0.1) is 21.4 Å². The Morgan fingerprint density at radius 2 is 1.97 bits per heavy atom. The van der Waals surface area contributed by atoms with Gasteiger partial charge in [0.1, 0.15) is 18.2 Å². The van der Waals surface area contributed by atoms with Gasteiger partial charge in [-0.15, -0.1) is 0 Å². The summed E-state index contributed by atoms with van der Waals surface area (Å²) in [5.74, 6) is 0.569. The fraction of sp³-hybridized carbons (Fsp3) is 0.120. The predicted molar refractivity (Wildman–Crippen MR) is 135 cm³/mol. The number of amides is 1. The maximum absolute atomic E-state index is 12.6. The van der Waals surface area contributed by atoms with Crippen molar-refractivity contribution < 1.29 is 14.3 Å². The number of anilines is 1. The molecule has 0 fully saturated rings. The van der Waals surface area contributed by atoms with Crippen LogP contribution in [0, 0.1) is 21.8 Å². The van der Waals surface area contributed by atoms with E-state index in [1.54, 1.807) is 37.4 Å². The first-order valence-electron chi connectivity index (χ1n) is 9.65. The smallest absolute Gasteiger partial charge is 0.266 e. The summed E-state index contributed by atoms with van der Waals surface area (Å²) in [6.45, 7) is 2.43. The quantitative estimate of drug-likeness (QED) is 0.207. The number of aryl methyl sites for hydroxylation is 1. The average molecular weight is 559 g/mol. The topological polar surface area (TPSA) is 71.3 Å². The molecule has 0 saturated carbocycles. The molecule has 3 aromatic carbocycles. The molecule has 3 rings (SSSR count). The number of nitriles is 1. The maximum Gasteiger partial charge on any atom is 0.266 e. The number of benzene rings is 3. The van der Waals surface area contributed by atoms with Gasteiger partial charge in [-0.3, -0.25) is 4.79 Å². The molecule has 1 amide bonds. The van der Waals surface area contributed by atoms with Gasteiger partial charge in [-0.05, 0) is 71.0 Å². The Hall–Kier alpha value is -3.02. The third-order valence-electron chi connectivity index (χ3n) is 4.52. The standard InChI is InChI=1S/C25H20ClIN2O3/c1-16-6-5-7-17(10-16)15-32-24-21(27)12-18(13-23(24)31-2)11-19(14-28)25(30)29-22-9-4-3-8-20(22)26/h3-13H,15H2,1-2H3,(H,29,30)/b19-11+. The molecule has 0 atom stereocenters. The van der Waals surface area contributed by atoms with Crippen molar-refractivity contribution in [2.45, 2.75) is 13.5 Å². The molecule has 0 radical (unpaired) electrons. The summed E-state index contributed by atoms with van der Waals surface area (Å²) in [5, 5.41) is 12.6. The van der Waals surface area contributed by atoms with Gasteiger partial charge in [-0.2, -0.15) is 5.26 Å². The van der Waals surface area contributed by atoms with E-state index in [2.05, 4.69) is 34.0 Å². The zero-order chi connectivity index (χ0) is 23.1. The second kappa shape index (κ2) is 11.0. The van der Waals surface area contributed by atoms with Crippen LogP contribution in [0.3, 0.4) is 0 Å². The number of ether oxygens (including phenoxy) is 2. The highest BCUT2D eigenvalue weighted by Crippen LogP contribution is 2.35. The third-order valence-corrected chi connectivity index (χ3v) is 5.65. The molecule has 0 spiro atoms. The lowest BCUT2D eigenvalue weighted by Crippen LogP contribution is -2.13. The number of methoxy groups -OCH3 is 1. The molecule has 0 aliphatic carbocycles. The number of nitrogens with one attached hydrogen (secondary N) is 1. The SMILES string of the molecule is COc1cc(/C=C(\C#N)C(=O)Nc2ccccc2Cl)cc(I)c1OCc1cccc(C)c1. The number of hydrogen-bond donors (Lipinski definition) is 1.